The highest BCUT2D eigenvalue weighted by molar-refractivity contribution is 6.01. The van der Waals surface area contributed by atoms with Crippen molar-refractivity contribution < 1.29 is 0 Å². The van der Waals surface area contributed by atoms with E-state index in [-0.39, 0.29) is 11.4 Å². The van der Waals surface area contributed by atoms with E-state index in [2.05, 4.69) is 44.8 Å². The van der Waals surface area contributed by atoms with Gasteiger partial charge in [0.1, 0.15) is 5.82 Å². The second-order valence-corrected chi connectivity index (χ2v) is 8.70. The fourth-order valence-corrected chi connectivity index (χ4v) is 4.27. The third kappa shape index (κ3) is 4.75. The Morgan fingerprint density at radius 2 is 1.91 bits per heavy atom. The highest BCUT2D eigenvalue weighted by atomic mass is 16.1. The van der Waals surface area contributed by atoms with Gasteiger partial charge < -0.3 is 9.88 Å². The highest BCUT2D eigenvalue weighted by Crippen LogP contribution is 2.26. The minimum atomic E-state index is -0.103. The quantitative estimate of drug-likeness (QED) is 0.313. The van der Waals surface area contributed by atoms with Crippen molar-refractivity contribution in [2.24, 2.45) is 11.0 Å². The lowest BCUT2D eigenvalue weighted by Gasteiger charge is -2.36. The molecule has 2 aromatic carbocycles. The number of hydrogen-bond acceptors (Lipinski definition) is 6. The van der Waals surface area contributed by atoms with Gasteiger partial charge in [0.05, 0.1) is 17.4 Å². The molecule has 0 atom stereocenters. The van der Waals surface area contributed by atoms with Gasteiger partial charge in [-0.3, -0.25) is 15.1 Å². The predicted octanol–water partition coefficient (Wildman–Crippen LogP) is 3.80. The molecule has 0 amide bonds. The number of hydrogen-bond donors (Lipinski definition) is 3. The lowest BCUT2D eigenvalue weighted by molar-refractivity contribution is 0.244. The fraction of sp³-hybridized carbons (Fsp3) is 0.375. The number of fused-ring (bicyclic) bond motifs is 1. The van der Waals surface area contributed by atoms with E-state index in [1.165, 1.54) is 5.56 Å². The maximum Gasteiger partial charge on any atom is 0.258 e. The number of benzene rings is 2. The summed E-state index contributed by atoms with van der Waals surface area (Å²) < 4.78 is 0. The van der Waals surface area contributed by atoms with Gasteiger partial charge in [-0.2, -0.15) is 0 Å². The molecule has 0 radical (unpaired) electrons. The van der Waals surface area contributed by atoms with E-state index < -0.39 is 0 Å². The van der Waals surface area contributed by atoms with Crippen molar-refractivity contribution in [1.82, 2.24) is 14.9 Å². The van der Waals surface area contributed by atoms with E-state index in [0.717, 1.165) is 38.3 Å². The summed E-state index contributed by atoms with van der Waals surface area (Å²) in [4.78, 5) is 24.4. The van der Waals surface area contributed by atoms with Gasteiger partial charge in [-0.15, -0.1) is 5.11 Å². The molecule has 8 nitrogen and oxygen atoms in total. The predicted molar refractivity (Wildman–Crippen MR) is 127 cm³/mol. The molecule has 0 spiro atoms. The van der Waals surface area contributed by atoms with E-state index in [1.54, 1.807) is 6.07 Å². The van der Waals surface area contributed by atoms with Crippen LogP contribution in [0.25, 0.3) is 10.9 Å². The third-order valence-electron chi connectivity index (χ3n) is 5.82. The van der Waals surface area contributed by atoms with Crippen LogP contribution in [-0.2, 0) is 13.0 Å². The molecule has 1 aliphatic heterocycles. The lowest BCUT2D eigenvalue weighted by Crippen LogP contribution is -2.46. The summed E-state index contributed by atoms with van der Waals surface area (Å²) in [6.45, 7) is 8.19. The Bertz CT molecular complexity index is 1190. The Kier molecular flexibility index (Phi) is 6.41. The number of rotatable bonds is 6. The van der Waals surface area contributed by atoms with Gasteiger partial charge in [-0.05, 0) is 42.2 Å². The molecule has 0 aliphatic carbocycles. The van der Waals surface area contributed by atoms with E-state index >= 15 is 0 Å². The number of H-pyrrole nitrogens is 1. The maximum absolute atomic E-state index is 12.3. The van der Waals surface area contributed by atoms with E-state index in [9.17, 15) is 4.79 Å². The molecule has 3 N–H and O–H groups in total. The first kappa shape index (κ1) is 21.8. The first-order chi connectivity index (χ1) is 15.4. The van der Waals surface area contributed by atoms with Gasteiger partial charge >= 0.3 is 0 Å². The van der Waals surface area contributed by atoms with Crippen LogP contribution < -0.4 is 10.5 Å². The zero-order chi connectivity index (χ0) is 22.7. The Balaban J connectivity index is 1.49. The monoisotopic (exact) mass is 431 g/mol. The lowest BCUT2D eigenvalue weighted by atomic mass is 9.99. The van der Waals surface area contributed by atoms with Crippen LogP contribution in [0, 0.1) is 16.9 Å². The van der Waals surface area contributed by atoms with Crippen LogP contribution in [0.4, 0.5) is 5.69 Å². The number of para-hydroxylation sites is 1. The number of piperazine rings is 1. The molecule has 1 saturated heterocycles. The van der Waals surface area contributed by atoms with Crippen LogP contribution in [0.15, 0.2) is 52.4 Å². The number of amidine groups is 1. The second kappa shape index (κ2) is 9.40. The van der Waals surface area contributed by atoms with Crippen molar-refractivity contribution in [2.45, 2.75) is 26.8 Å². The molecule has 1 fully saturated rings. The SMILES string of the molecule is CC(C)Cc1ccc(C(=N)N=N)c(N2CCN(Cc3nc4ccccc4c(=O)[nH]3)CC2)c1. The Hall–Kier alpha value is -3.39. The maximum atomic E-state index is 12.3. The number of aromatic nitrogens is 2. The van der Waals surface area contributed by atoms with E-state index in [4.69, 9.17) is 10.9 Å². The average Bonchev–Trinajstić information content (AvgIpc) is 2.79. The minimum Gasteiger partial charge on any atom is -0.368 e. The molecular formula is C24H29N7O. The first-order valence-electron chi connectivity index (χ1n) is 11.0. The van der Waals surface area contributed by atoms with E-state index in [0.29, 0.717) is 34.8 Å². The molecule has 4 rings (SSSR count). The Labute approximate surface area is 187 Å². The summed E-state index contributed by atoms with van der Waals surface area (Å²) in [7, 11) is 0. The molecule has 0 bridgehead atoms. The summed E-state index contributed by atoms with van der Waals surface area (Å²) in [6.07, 6.45) is 0.972. The van der Waals surface area contributed by atoms with Crippen molar-refractivity contribution >= 4 is 22.4 Å². The average molecular weight is 432 g/mol. The van der Waals surface area contributed by atoms with Crippen LogP contribution in [0.2, 0.25) is 0 Å². The van der Waals surface area contributed by atoms with Gasteiger partial charge in [-0.25, -0.2) is 10.5 Å². The second-order valence-electron chi connectivity index (χ2n) is 8.70. The first-order valence-corrected chi connectivity index (χ1v) is 11.0. The molecule has 8 heteroatoms. The van der Waals surface area contributed by atoms with Gasteiger partial charge in [0.2, 0.25) is 0 Å². The van der Waals surface area contributed by atoms with Crippen molar-refractivity contribution in [3.63, 3.8) is 0 Å². The molecule has 166 valence electrons. The Morgan fingerprint density at radius 1 is 1.16 bits per heavy atom. The fourth-order valence-electron chi connectivity index (χ4n) is 4.27. The number of anilines is 1. The molecule has 2 heterocycles. The van der Waals surface area contributed by atoms with Crippen LogP contribution in [0.1, 0.15) is 30.8 Å². The molecule has 1 aliphatic rings. The molecular weight excluding hydrogens is 402 g/mol. The van der Waals surface area contributed by atoms with Crippen LogP contribution in [-0.4, -0.2) is 46.9 Å². The summed E-state index contributed by atoms with van der Waals surface area (Å²) in [5.74, 6) is 1.20. The summed E-state index contributed by atoms with van der Waals surface area (Å²) in [6, 6.07) is 13.5. The molecule has 1 aromatic heterocycles. The van der Waals surface area contributed by atoms with E-state index in [1.807, 2.05) is 30.3 Å². The third-order valence-corrected chi connectivity index (χ3v) is 5.82. The normalized spacial score (nSPS) is 14.8. The molecule has 3 aromatic rings. The van der Waals surface area contributed by atoms with Crippen molar-refractivity contribution in [1.29, 1.82) is 10.9 Å². The zero-order valence-corrected chi connectivity index (χ0v) is 18.6. The largest absolute Gasteiger partial charge is 0.368 e. The number of nitrogens with zero attached hydrogens (tertiary/aromatic N) is 4. The number of nitrogens with one attached hydrogen (secondary N) is 3. The molecule has 32 heavy (non-hydrogen) atoms. The topological polar surface area (TPSA) is 112 Å². The minimum absolute atomic E-state index is 0.0172. The van der Waals surface area contributed by atoms with Gasteiger partial charge in [0, 0.05) is 37.4 Å². The van der Waals surface area contributed by atoms with Crippen LogP contribution in [0.5, 0.6) is 0 Å². The molecule has 0 saturated carbocycles. The van der Waals surface area contributed by atoms with Crippen LogP contribution in [0.3, 0.4) is 0 Å². The van der Waals surface area contributed by atoms with Gasteiger partial charge in [0.25, 0.3) is 5.56 Å². The van der Waals surface area contributed by atoms with Gasteiger partial charge in [0.15, 0.2) is 5.84 Å². The zero-order valence-electron chi connectivity index (χ0n) is 18.6. The van der Waals surface area contributed by atoms with Crippen molar-refractivity contribution in [3.8, 4) is 0 Å². The summed E-state index contributed by atoms with van der Waals surface area (Å²) >= 11 is 0. The van der Waals surface area contributed by atoms with Crippen LogP contribution >= 0.6 is 0 Å². The molecule has 0 unspecified atom stereocenters. The highest BCUT2D eigenvalue weighted by Gasteiger charge is 2.22. The Morgan fingerprint density at radius 3 is 2.62 bits per heavy atom. The van der Waals surface area contributed by atoms with Crippen molar-refractivity contribution in [2.75, 3.05) is 31.1 Å². The summed E-state index contributed by atoms with van der Waals surface area (Å²) in [5.41, 5.74) is 10.8. The summed E-state index contributed by atoms with van der Waals surface area (Å²) in [5, 5.41) is 12.1. The smallest absolute Gasteiger partial charge is 0.258 e. The number of aromatic amines is 1. The standard InChI is InChI=1S/C24H29N7O/c1-16(2)13-17-7-8-19(23(25)29-26)21(14-17)31-11-9-30(10-12-31)15-22-27-20-6-4-3-5-18(20)24(32)28-22/h3-8,14,16,25-26H,9-13,15H2,1-2H3,(H,27,28,32). The van der Waals surface area contributed by atoms with Crippen molar-refractivity contribution in [3.05, 3.63) is 69.8 Å². The van der Waals surface area contributed by atoms with Gasteiger partial charge in [-0.1, -0.05) is 32.0 Å².